The molecule has 6 N–H and O–H groups in total. The van der Waals surface area contributed by atoms with E-state index in [2.05, 4.69) is 15.7 Å². The Morgan fingerprint density at radius 3 is 2.33 bits per heavy atom. The predicted octanol–water partition coefficient (Wildman–Crippen LogP) is 2.24. The molecule has 1 heterocycles. The molecule has 2 aromatic carbocycles. The standard InChI is InChI=1S/C26H30N6O6S/c1-14(29-25(35)38-26(2,3)4)24(34)30-16-7-5-15-6-12-19-21(23(27)33)31-32(22(19)20(15)13-16)17-8-10-18(11-9-17)39(28,36)37/h5,7-11,13-14H,6,12H2,1-4H3,(H2,27,33)(H,29,35)(H,30,34)(H2,28,36,37)/t14-/m1/s1. The first-order chi connectivity index (χ1) is 18.1. The molecule has 1 aromatic heterocycles. The second-order valence-corrected chi connectivity index (χ2v) is 11.8. The van der Waals surface area contributed by atoms with Crippen LogP contribution in [0.3, 0.4) is 0 Å². The Kier molecular flexibility index (Phi) is 7.23. The number of nitrogens with one attached hydrogen (secondary N) is 2. The Labute approximate surface area is 225 Å². The molecule has 12 nitrogen and oxygen atoms in total. The summed E-state index contributed by atoms with van der Waals surface area (Å²) < 4.78 is 30.1. The van der Waals surface area contributed by atoms with Crippen molar-refractivity contribution in [2.75, 3.05) is 5.32 Å². The Morgan fingerprint density at radius 2 is 1.74 bits per heavy atom. The Bertz CT molecular complexity index is 1570. The summed E-state index contributed by atoms with van der Waals surface area (Å²) in [6.45, 7) is 6.71. The van der Waals surface area contributed by atoms with Crippen LogP contribution in [-0.4, -0.2) is 47.7 Å². The highest BCUT2D eigenvalue weighted by molar-refractivity contribution is 7.89. The zero-order valence-corrected chi connectivity index (χ0v) is 22.8. The maximum atomic E-state index is 12.8. The van der Waals surface area contributed by atoms with Gasteiger partial charge in [-0.25, -0.2) is 23.0 Å². The average molecular weight is 555 g/mol. The van der Waals surface area contributed by atoms with Crippen LogP contribution in [0, 0.1) is 0 Å². The van der Waals surface area contributed by atoms with Crippen molar-refractivity contribution in [2.45, 2.75) is 57.1 Å². The highest BCUT2D eigenvalue weighted by Gasteiger charge is 2.29. The normalized spacial score (nSPS) is 13.6. The van der Waals surface area contributed by atoms with Gasteiger partial charge in [0.25, 0.3) is 5.91 Å². The smallest absolute Gasteiger partial charge is 0.408 e. The highest BCUT2D eigenvalue weighted by atomic mass is 32.2. The first kappa shape index (κ1) is 27.8. The number of alkyl carbamates (subject to hydrolysis) is 1. The van der Waals surface area contributed by atoms with E-state index in [9.17, 15) is 22.8 Å². The van der Waals surface area contributed by atoms with E-state index in [-0.39, 0.29) is 10.6 Å². The van der Waals surface area contributed by atoms with E-state index in [1.54, 1.807) is 32.9 Å². The number of ether oxygens (including phenoxy) is 1. The number of aromatic nitrogens is 2. The summed E-state index contributed by atoms with van der Waals surface area (Å²) in [4.78, 5) is 37.0. The van der Waals surface area contributed by atoms with Crippen LogP contribution in [0.4, 0.5) is 10.5 Å². The molecule has 0 radical (unpaired) electrons. The van der Waals surface area contributed by atoms with Crippen LogP contribution >= 0.6 is 0 Å². The van der Waals surface area contributed by atoms with Gasteiger partial charge in [-0.2, -0.15) is 5.10 Å². The topological polar surface area (TPSA) is 188 Å². The number of hydrogen-bond acceptors (Lipinski definition) is 7. The second kappa shape index (κ2) is 10.2. The molecule has 1 aliphatic carbocycles. The van der Waals surface area contributed by atoms with E-state index in [0.29, 0.717) is 35.5 Å². The zero-order valence-electron chi connectivity index (χ0n) is 21.9. The Morgan fingerprint density at radius 1 is 1.08 bits per heavy atom. The number of nitrogens with two attached hydrogens (primary N) is 2. The molecule has 0 saturated carbocycles. The number of aryl methyl sites for hydroxylation is 1. The number of benzene rings is 2. The quantitative estimate of drug-likeness (QED) is 0.359. The van der Waals surface area contributed by atoms with Gasteiger partial charge >= 0.3 is 6.09 Å². The van der Waals surface area contributed by atoms with E-state index >= 15 is 0 Å². The van der Waals surface area contributed by atoms with Crippen LogP contribution in [0.25, 0.3) is 16.9 Å². The number of sulfonamides is 1. The molecule has 3 amide bonds. The van der Waals surface area contributed by atoms with Gasteiger partial charge in [0, 0.05) is 16.8 Å². The van der Waals surface area contributed by atoms with Gasteiger partial charge < -0.3 is 21.1 Å². The number of fused-ring (bicyclic) bond motifs is 3. The van der Waals surface area contributed by atoms with E-state index in [1.807, 2.05) is 6.07 Å². The van der Waals surface area contributed by atoms with Crippen molar-refractivity contribution in [3.8, 4) is 16.9 Å². The number of nitrogens with zero attached hydrogens (tertiary/aromatic N) is 2. The fraction of sp³-hybridized carbons (Fsp3) is 0.308. The van der Waals surface area contributed by atoms with Gasteiger partial charge in [-0.1, -0.05) is 6.07 Å². The minimum absolute atomic E-state index is 0.0677. The number of carbonyl (C=O) groups is 3. The molecular formula is C26H30N6O6S. The van der Waals surface area contributed by atoms with Gasteiger partial charge in [0.15, 0.2) is 5.69 Å². The minimum atomic E-state index is -3.90. The van der Waals surface area contributed by atoms with Gasteiger partial charge in [-0.15, -0.1) is 0 Å². The lowest BCUT2D eigenvalue weighted by Crippen LogP contribution is -2.43. The van der Waals surface area contributed by atoms with Crippen molar-refractivity contribution >= 4 is 33.6 Å². The highest BCUT2D eigenvalue weighted by Crippen LogP contribution is 2.38. The summed E-state index contributed by atoms with van der Waals surface area (Å²) in [6, 6.07) is 10.3. The van der Waals surface area contributed by atoms with Crippen LogP contribution in [0.2, 0.25) is 0 Å². The van der Waals surface area contributed by atoms with Crippen LogP contribution in [0.15, 0.2) is 47.4 Å². The van der Waals surface area contributed by atoms with E-state index in [0.717, 1.165) is 11.1 Å². The van der Waals surface area contributed by atoms with Gasteiger partial charge in [0.1, 0.15) is 11.6 Å². The first-order valence-corrected chi connectivity index (χ1v) is 13.7. The number of carbonyl (C=O) groups excluding carboxylic acids is 3. The first-order valence-electron chi connectivity index (χ1n) is 12.1. The lowest BCUT2D eigenvalue weighted by atomic mass is 9.88. The van der Waals surface area contributed by atoms with E-state index in [4.69, 9.17) is 15.6 Å². The Balaban J connectivity index is 1.68. The molecule has 1 atom stereocenters. The van der Waals surface area contributed by atoms with Gasteiger partial charge in [0.2, 0.25) is 15.9 Å². The molecule has 206 valence electrons. The number of rotatable bonds is 6. The van der Waals surface area contributed by atoms with E-state index < -0.39 is 39.6 Å². The summed E-state index contributed by atoms with van der Waals surface area (Å²) >= 11 is 0. The van der Waals surface area contributed by atoms with Crippen molar-refractivity contribution in [2.24, 2.45) is 10.9 Å². The molecule has 0 unspecified atom stereocenters. The third-order valence-electron chi connectivity index (χ3n) is 6.03. The number of primary sulfonamides is 1. The van der Waals surface area contributed by atoms with Crippen molar-refractivity contribution < 1.29 is 27.5 Å². The lowest BCUT2D eigenvalue weighted by Gasteiger charge is -2.22. The third-order valence-corrected chi connectivity index (χ3v) is 6.96. The second-order valence-electron chi connectivity index (χ2n) is 10.2. The summed E-state index contributed by atoms with van der Waals surface area (Å²) in [6.07, 6.45) is 0.415. The van der Waals surface area contributed by atoms with E-state index in [1.165, 1.54) is 35.9 Å². The number of primary amides is 1. The molecule has 1 aliphatic rings. The summed E-state index contributed by atoms with van der Waals surface area (Å²) in [5, 5.41) is 15.0. The van der Waals surface area contributed by atoms with Gasteiger partial charge in [-0.05, 0) is 82.5 Å². The molecule has 3 aromatic rings. The summed E-state index contributed by atoms with van der Waals surface area (Å²) in [7, 11) is -3.90. The monoisotopic (exact) mass is 554 g/mol. The Hall–Kier alpha value is -4.23. The van der Waals surface area contributed by atoms with Crippen LogP contribution in [0.1, 0.15) is 49.3 Å². The molecule has 0 fully saturated rings. The fourth-order valence-corrected chi connectivity index (χ4v) is 4.79. The third kappa shape index (κ3) is 6.10. The summed E-state index contributed by atoms with van der Waals surface area (Å²) in [5.41, 5.74) is 8.90. The lowest BCUT2D eigenvalue weighted by molar-refractivity contribution is -0.117. The van der Waals surface area contributed by atoms with Crippen molar-refractivity contribution in [1.29, 1.82) is 0 Å². The maximum absolute atomic E-state index is 12.8. The molecule has 13 heteroatoms. The molecule has 0 bridgehead atoms. The molecule has 39 heavy (non-hydrogen) atoms. The SMILES string of the molecule is C[C@@H](NC(=O)OC(C)(C)C)C(=O)Nc1ccc2c(c1)-c1c(c(C(N)=O)nn1-c1ccc(S(N)(=O)=O)cc1)CC2. The zero-order chi connectivity index (χ0) is 28.7. The van der Waals surface area contributed by atoms with Crippen molar-refractivity contribution in [1.82, 2.24) is 15.1 Å². The average Bonchev–Trinajstić information content (AvgIpc) is 3.23. The largest absolute Gasteiger partial charge is 0.444 e. The maximum Gasteiger partial charge on any atom is 0.408 e. The van der Waals surface area contributed by atoms with Gasteiger partial charge in [-0.3, -0.25) is 9.59 Å². The molecule has 4 rings (SSSR count). The molecule has 0 saturated heterocycles. The number of amides is 3. The minimum Gasteiger partial charge on any atom is -0.444 e. The fourth-order valence-electron chi connectivity index (χ4n) is 4.28. The van der Waals surface area contributed by atoms with Crippen LogP contribution < -0.4 is 21.5 Å². The molecule has 0 aliphatic heterocycles. The number of anilines is 1. The number of hydrogen-bond donors (Lipinski definition) is 4. The van der Waals surface area contributed by atoms with Gasteiger partial charge in [0.05, 0.1) is 16.3 Å². The van der Waals surface area contributed by atoms with Crippen LogP contribution in [-0.2, 0) is 32.4 Å². The molecular weight excluding hydrogens is 524 g/mol. The molecule has 0 spiro atoms. The van der Waals surface area contributed by atoms with Crippen LogP contribution in [0.5, 0.6) is 0 Å². The predicted molar refractivity (Wildman–Crippen MR) is 144 cm³/mol. The summed E-state index contributed by atoms with van der Waals surface area (Å²) in [5.74, 6) is -1.15. The van der Waals surface area contributed by atoms with Crippen molar-refractivity contribution in [3.05, 3.63) is 59.3 Å². The van der Waals surface area contributed by atoms with Crippen molar-refractivity contribution in [3.63, 3.8) is 0 Å².